The molecular weight excluding hydrogens is 416 g/mol. The van der Waals surface area contributed by atoms with Crippen molar-refractivity contribution in [2.24, 2.45) is 46.3 Å². The molecule has 4 saturated carbocycles. The lowest BCUT2D eigenvalue weighted by molar-refractivity contribution is -0.215. The van der Waals surface area contributed by atoms with Crippen LogP contribution in [0.1, 0.15) is 85.0 Å². The highest BCUT2D eigenvalue weighted by Crippen LogP contribution is 2.69. The van der Waals surface area contributed by atoms with Gasteiger partial charge in [0.05, 0.1) is 24.9 Å². The van der Waals surface area contributed by atoms with Gasteiger partial charge in [0.15, 0.2) is 0 Å². The van der Waals surface area contributed by atoms with Crippen LogP contribution in [0.4, 0.5) is 0 Å². The average molecular weight is 463 g/mol. The van der Waals surface area contributed by atoms with E-state index in [2.05, 4.69) is 27.4 Å². The third-order valence-electron chi connectivity index (χ3n) is 11.3. The van der Waals surface area contributed by atoms with E-state index in [1.807, 2.05) is 6.08 Å². The monoisotopic (exact) mass is 462 g/mol. The summed E-state index contributed by atoms with van der Waals surface area (Å²) in [7, 11) is 1.44. The molecule has 0 aromatic rings. The van der Waals surface area contributed by atoms with Crippen LogP contribution < -0.4 is 0 Å². The van der Waals surface area contributed by atoms with Gasteiger partial charge in [0.1, 0.15) is 0 Å². The van der Waals surface area contributed by atoms with Gasteiger partial charge in [-0.15, -0.1) is 6.58 Å². The molecular formula is C28H46O5. The summed E-state index contributed by atoms with van der Waals surface area (Å²) < 4.78 is 4.85. The van der Waals surface area contributed by atoms with E-state index < -0.39 is 11.7 Å². The van der Waals surface area contributed by atoms with Crippen LogP contribution in [0.15, 0.2) is 12.7 Å². The fraction of sp³-hybridized carbons (Fsp3) is 0.893. The van der Waals surface area contributed by atoms with E-state index in [0.29, 0.717) is 30.6 Å². The number of hydrogen-bond donors (Lipinski definition) is 3. The van der Waals surface area contributed by atoms with Crippen molar-refractivity contribution in [3.8, 4) is 0 Å². The van der Waals surface area contributed by atoms with Gasteiger partial charge in [0.2, 0.25) is 0 Å². The van der Waals surface area contributed by atoms with E-state index in [4.69, 9.17) is 4.74 Å². The van der Waals surface area contributed by atoms with Crippen LogP contribution in [-0.2, 0) is 9.53 Å². The van der Waals surface area contributed by atoms with Crippen molar-refractivity contribution in [1.29, 1.82) is 0 Å². The third kappa shape index (κ3) is 4.00. The Bertz CT molecular complexity index is 753. The minimum Gasteiger partial charge on any atom is -0.469 e. The van der Waals surface area contributed by atoms with Gasteiger partial charge in [-0.2, -0.15) is 0 Å². The number of carbonyl (C=O) groups is 1. The van der Waals surface area contributed by atoms with E-state index in [1.54, 1.807) is 0 Å². The van der Waals surface area contributed by atoms with Crippen molar-refractivity contribution in [2.75, 3.05) is 7.11 Å². The maximum Gasteiger partial charge on any atom is 0.305 e. The van der Waals surface area contributed by atoms with Crippen molar-refractivity contribution in [2.45, 2.75) is 103 Å². The first-order valence-electron chi connectivity index (χ1n) is 13.3. The zero-order valence-electron chi connectivity index (χ0n) is 21.1. The van der Waals surface area contributed by atoms with Gasteiger partial charge in [-0.1, -0.05) is 26.8 Å². The Hall–Kier alpha value is -0.910. The minimum absolute atomic E-state index is 0.0498. The smallest absolute Gasteiger partial charge is 0.305 e. The summed E-state index contributed by atoms with van der Waals surface area (Å²) in [6, 6.07) is 0. The first kappa shape index (κ1) is 25.2. The van der Waals surface area contributed by atoms with Gasteiger partial charge in [0.25, 0.3) is 0 Å². The molecule has 0 saturated heterocycles. The van der Waals surface area contributed by atoms with Gasteiger partial charge >= 0.3 is 5.97 Å². The molecule has 4 rings (SSSR count). The van der Waals surface area contributed by atoms with Crippen molar-refractivity contribution >= 4 is 5.97 Å². The standard InChI is InChI=1S/C28H46O5/c1-6-11-28(32)13-12-26(3)18(16-28)14-22(29)25-20-9-8-19(17(2)7-10-24(31)33-5)27(20,4)23(30)15-21(25)26/h6,17-23,25,29-30,32H,1,7-16H2,2-5H3. The molecule has 0 spiro atoms. The maximum absolute atomic E-state index is 11.7. The second-order valence-electron chi connectivity index (χ2n) is 12.6. The number of rotatable bonds is 6. The second-order valence-corrected chi connectivity index (χ2v) is 12.6. The van der Waals surface area contributed by atoms with E-state index >= 15 is 0 Å². The largest absolute Gasteiger partial charge is 0.469 e. The number of ether oxygens (including phenoxy) is 1. The molecule has 5 heteroatoms. The van der Waals surface area contributed by atoms with Gasteiger partial charge in [-0.3, -0.25) is 4.79 Å². The Balaban J connectivity index is 1.57. The van der Waals surface area contributed by atoms with E-state index in [9.17, 15) is 20.1 Å². The maximum atomic E-state index is 11.7. The molecule has 0 aliphatic heterocycles. The summed E-state index contributed by atoms with van der Waals surface area (Å²) in [5.74, 6) is 1.60. The molecule has 0 aromatic carbocycles. The van der Waals surface area contributed by atoms with Gasteiger partial charge in [0, 0.05) is 6.42 Å². The predicted octanol–water partition coefficient (Wildman–Crippen LogP) is 4.48. The van der Waals surface area contributed by atoms with Gasteiger partial charge < -0.3 is 20.1 Å². The summed E-state index contributed by atoms with van der Waals surface area (Å²) in [5, 5.41) is 34.3. The summed E-state index contributed by atoms with van der Waals surface area (Å²) in [6.07, 6.45) is 8.90. The lowest BCUT2D eigenvalue weighted by Crippen LogP contribution is -2.63. The molecule has 33 heavy (non-hydrogen) atoms. The van der Waals surface area contributed by atoms with E-state index in [-0.39, 0.29) is 40.7 Å². The first-order chi connectivity index (χ1) is 15.5. The van der Waals surface area contributed by atoms with Crippen LogP contribution in [0.2, 0.25) is 0 Å². The molecule has 0 heterocycles. The number of methoxy groups -OCH3 is 1. The average Bonchev–Trinajstić information content (AvgIpc) is 3.12. The first-order valence-corrected chi connectivity index (χ1v) is 13.3. The van der Waals surface area contributed by atoms with Crippen molar-refractivity contribution < 1.29 is 24.9 Å². The SMILES string of the molecule is C=CCC1(O)CCC2(C)C(CC(O)C3C2CC(O)C2(C)C(C(C)CCC(=O)OC)CCC32)C1. The van der Waals surface area contributed by atoms with Crippen LogP contribution in [-0.4, -0.2) is 46.2 Å². The Morgan fingerprint density at radius 2 is 1.91 bits per heavy atom. The highest BCUT2D eigenvalue weighted by atomic mass is 16.5. The molecule has 0 amide bonds. The Morgan fingerprint density at radius 3 is 2.58 bits per heavy atom. The molecule has 4 fully saturated rings. The molecule has 5 nitrogen and oxygen atoms in total. The zero-order chi connectivity index (χ0) is 24.2. The minimum atomic E-state index is -0.701. The number of hydrogen-bond acceptors (Lipinski definition) is 5. The fourth-order valence-corrected chi connectivity index (χ4v) is 9.32. The fourth-order valence-electron chi connectivity index (χ4n) is 9.32. The van der Waals surface area contributed by atoms with Crippen LogP contribution in [0.25, 0.3) is 0 Å². The number of aliphatic hydroxyl groups excluding tert-OH is 2. The molecule has 4 aliphatic carbocycles. The predicted molar refractivity (Wildman–Crippen MR) is 128 cm³/mol. The highest BCUT2D eigenvalue weighted by molar-refractivity contribution is 5.69. The van der Waals surface area contributed by atoms with E-state index in [0.717, 1.165) is 51.4 Å². The topological polar surface area (TPSA) is 87.0 Å². The van der Waals surface area contributed by atoms with Gasteiger partial charge in [-0.25, -0.2) is 0 Å². The van der Waals surface area contributed by atoms with Crippen molar-refractivity contribution in [1.82, 2.24) is 0 Å². The normalized spacial score (nSPS) is 50.0. The molecule has 11 atom stereocenters. The number of esters is 1. The Morgan fingerprint density at radius 1 is 1.18 bits per heavy atom. The zero-order valence-corrected chi connectivity index (χ0v) is 21.1. The van der Waals surface area contributed by atoms with Gasteiger partial charge in [-0.05, 0) is 104 Å². The number of carbonyl (C=O) groups excluding carboxylic acids is 1. The lowest BCUT2D eigenvalue weighted by Gasteiger charge is -2.64. The number of fused-ring (bicyclic) bond motifs is 5. The van der Waals surface area contributed by atoms with Crippen LogP contribution in [0.3, 0.4) is 0 Å². The second kappa shape index (κ2) is 8.95. The van der Waals surface area contributed by atoms with Crippen molar-refractivity contribution in [3.05, 3.63) is 12.7 Å². The molecule has 11 unspecified atom stereocenters. The molecule has 3 N–H and O–H groups in total. The summed E-state index contributed by atoms with van der Waals surface area (Å²) >= 11 is 0. The van der Waals surface area contributed by atoms with Crippen molar-refractivity contribution in [3.63, 3.8) is 0 Å². The quantitative estimate of drug-likeness (QED) is 0.400. The van der Waals surface area contributed by atoms with Crippen LogP contribution in [0, 0.1) is 46.3 Å². The summed E-state index contributed by atoms with van der Waals surface area (Å²) in [4.78, 5) is 11.7. The molecule has 0 radical (unpaired) electrons. The molecule has 0 bridgehead atoms. The summed E-state index contributed by atoms with van der Waals surface area (Å²) in [5.41, 5.74) is -0.874. The third-order valence-corrected chi connectivity index (χ3v) is 11.3. The van der Waals surface area contributed by atoms with E-state index in [1.165, 1.54) is 7.11 Å². The molecule has 4 aliphatic rings. The number of aliphatic hydroxyl groups is 3. The molecule has 0 aromatic heterocycles. The summed E-state index contributed by atoms with van der Waals surface area (Å²) in [6.45, 7) is 10.7. The van der Waals surface area contributed by atoms with Crippen LogP contribution in [0.5, 0.6) is 0 Å². The molecule has 188 valence electrons. The van der Waals surface area contributed by atoms with Crippen LogP contribution >= 0.6 is 0 Å². The Kier molecular flexibility index (Phi) is 6.83. The lowest BCUT2D eigenvalue weighted by atomic mass is 9.42. The highest BCUT2D eigenvalue weighted by Gasteiger charge is 2.66. The Labute approximate surface area is 200 Å².